The number of nitrogens with one attached hydrogen (secondary N) is 2. The minimum atomic E-state index is -0.463. The van der Waals surface area contributed by atoms with Gasteiger partial charge in [0.1, 0.15) is 10.8 Å². The number of hydrogen-bond donors (Lipinski definition) is 2. The number of thiocarbonyl (C=S) groups is 1. The minimum absolute atomic E-state index is 0.184. The summed E-state index contributed by atoms with van der Waals surface area (Å²) in [5.41, 5.74) is 3.26. The molecule has 162 valence electrons. The number of para-hydroxylation sites is 1. The zero-order valence-corrected chi connectivity index (χ0v) is 20.0. The second kappa shape index (κ2) is 9.83. The van der Waals surface area contributed by atoms with Crippen LogP contribution in [0, 0.1) is 0 Å². The Bertz CT molecular complexity index is 1270. The first kappa shape index (κ1) is 22.5. The molecule has 1 amide bonds. The Kier molecular flexibility index (Phi) is 6.91. The van der Waals surface area contributed by atoms with Crippen molar-refractivity contribution in [2.24, 2.45) is 0 Å². The van der Waals surface area contributed by atoms with Crippen LogP contribution in [0.4, 0.5) is 0 Å². The summed E-state index contributed by atoms with van der Waals surface area (Å²) in [6.07, 6.45) is 0. The molecular weight excluding hydrogens is 485 g/mol. The number of halogens is 2. The lowest BCUT2D eigenvalue weighted by molar-refractivity contribution is 0.0973. The first-order chi connectivity index (χ1) is 15.4. The first-order valence-corrected chi connectivity index (χ1v) is 11.5. The van der Waals surface area contributed by atoms with Gasteiger partial charge in [-0.15, -0.1) is 11.3 Å². The maximum absolute atomic E-state index is 12.6. The van der Waals surface area contributed by atoms with Gasteiger partial charge in [-0.1, -0.05) is 59.6 Å². The van der Waals surface area contributed by atoms with Gasteiger partial charge in [-0.3, -0.25) is 10.1 Å². The van der Waals surface area contributed by atoms with Crippen molar-refractivity contribution in [3.05, 3.63) is 81.8 Å². The van der Waals surface area contributed by atoms with Gasteiger partial charge < -0.3 is 10.1 Å². The van der Waals surface area contributed by atoms with Crippen LogP contribution >= 0.6 is 46.8 Å². The fraction of sp³-hybridized carbons (Fsp3) is 0.0870. The molecule has 1 heterocycles. The molecule has 0 aliphatic carbocycles. The molecule has 0 spiro atoms. The summed E-state index contributed by atoms with van der Waals surface area (Å²) in [5, 5.41) is 7.38. The Morgan fingerprint density at radius 2 is 1.88 bits per heavy atom. The van der Waals surface area contributed by atoms with E-state index < -0.39 is 5.91 Å². The van der Waals surface area contributed by atoms with Crippen LogP contribution in [0.2, 0.25) is 10.0 Å². The van der Waals surface area contributed by atoms with E-state index in [1.54, 1.807) is 11.3 Å². The number of amides is 1. The molecule has 0 aliphatic heterocycles. The molecule has 3 aromatic carbocycles. The van der Waals surface area contributed by atoms with Crippen molar-refractivity contribution in [3.8, 4) is 16.3 Å². The number of aromatic nitrogens is 1. The quantitative estimate of drug-likeness (QED) is 0.324. The number of carbonyl (C=O) groups excluding carboxylic acids is 1. The zero-order chi connectivity index (χ0) is 22.7. The van der Waals surface area contributed by atoms with Crippen molar-refractivity contribution in [2.75, 3.05) is 7.11 Å². The highest BCUT2D eigenvalue weighted by Crippen LogP contribution is 2.32. The largest absolute Gasteiger partial charge is 0.494 e. The fourth-order valence-corrected chi connectivity index (χ4v) is 4.80. The van der Waals surface area contributed by atoms with Crippen molar-refractivity contribution in [1.29, 1.82) is 0 Å². The second-order valence-corrected chi connectivity index (χ2v) is 9.07. The maximum Gasteiger partial charge on any atom is 0.261 e. The topological polar surface area (TPSA) is 63.2 Å². The number of hydrogen-bond acceptors (Lipinski definition) is 5. The Balaban J connectivity index is 1.37. The molecule has 5 nitrogen and oxygen atoms in total. The average molecular weight is 502 g/mol. The molecule has 0 saturated heterocycles. The van der Waals surface area contributed by atoms with Crippen LogP contribution in [0.5, 0.6) is 5.75 Å². The molecule has 4 aromatic rings. The van der Waals surface area contributed by atoms with Crippen LogP contribution in [0.1, 0.15) is 15.9 Å². The Morgan fingerprint density at radius 1 is 1.12 bits per heavy atom. The molecule has 32 heavy (non-hydrogen) atoms. The van der Waals surface area contributed by atoms with Crippen LogP contribution in [0.15, 0.2) is 60.7 Å². The third-order valence-electron chi connectivity index (χ3n) is 4.63. The third-order valence-corrected chi connectivity index (χ3v) is 6.46. The van der Waals surface area contributed by atoms with E-state index in [0.717, 1.165) is 26.4 Å². The summed E-state index contributed by atoms with van der Waals surface area (Å²) in [6, 6.07) is 19.1. The van der Waals surface area contributed by atoms with Gasteiger partial charge in [-0.05, 0) is 42.0 Å². The number of carbonyl (C=O) groups is 1. The number of methoxy groups -OCH3 is 1. The highest BCUT2D eigenvalue weighted by atomic mass is 35.5. The van der Waals surface area contributed by atoms with Crippen LogP contribution < -0.4 is 15.4 Å². The predicted molar refractivity (Wildman–Crippen MR) is 135 cm³/mol. The maximum atomic E-state index is 12.6. The van der Waals surface area contributed by atoms with Crippen LogP contribution in [-0.2, 0) is 6.54 Å². The molecular formula is C23H17Cl2N3O2S2. The SMILES string of the molecule is COc1c(Cl)cc(Cl)cc1C(=O)NC(=S)NCc1ccc(-c2nc3ccccc3s2)cc1. The van der Waals surface area contributed by atoms with E-state index in [1.165, 1.54) is 19.2 Å². The highest BCUT2D eigenvalue weighted by Gasteiger charge is 2.17. The van der Waals surface area contributed by atoms with Crippen LogP contribution in [0.25, 0.3) is 20.8 Å². The first-order valence-electron chi connectivity index (χ1n) is 9.51. The van der Waals surface area contributed by atoms with E-state index >= 15 is 0 Å². The summed E-state index contributed by atoms with van der Waals surface area (Å²) < 4.78 is 6.37. The lowest BCUT2D eigenvalue weighted by atomic mass is 10.1. The monoisotopic (exact) mass is 501 g/mol. The van der Waals surface area contributed by atoms with Gasteiger partial charge in [0.25, 0.3) is 5.91 Å². The number of ether oxygens (including phenoxy) is 1. The summed E-state index contributed by atoms with van der Waals surface area (Å²) in [7, 11) is 1.43. The van der Waals surface area contributed by atoms with E-state index in [4.69, 9.17) is 40.2 Å². The van der Waals surface area contributed by atoms with Crippen LogP contribution in [-0.4, -0.2) is 23.1 Å². The molecule has 0 unspecified atom stereocenters. The van der Waals surface area contributed by atoms with Crippen molar-refractivity contribution in [2.45, 2.75) is 6.54 Å². The van der Waals surface area contributed by atoms with Crippen LogP contribution in [0.3, 0.4) is 0 Å². The molecule has 0 bridgehead atoms. The standard InChI is InChI=1S/C23H17Cl2N3O2S2/c1-30-20-16(10-15(24)11-17(20)25)21(29)28-23(31)26-12-13-6-8-14(9-7-13)22-27-18-4-2-3-5-19(18)32-22/h2-11H,12H2,1H3,(H2,26,28,29,31). The Labute approximate surface area is 204 Å². The summed E-state index contributed by atoms with van der Waals surface area (Å²) in [6.45, 7) is 0.451. The molecule has 0 fully saturated rings. The summed E-state index contributed by atoms with van der Waals surface area (Å²) in [5.74, 6) is -0.225. The van der Waals surface area contributed by atoms with Gasteiger partial charge in [0.15, 0.2) is 5.11 Å². The van der Waals surface area contributed by atoms with Gasteiger partial charge in [-0.2, -0.15) is 0 Å². The van der Waals surface area contributed by atoms with Gasteiger partial charge in [-0.25, -0.2) is 4.98 Å². The molecule has 0 radical (unpaired) electrons. The molecule has 9 heteroatoms. The average Bonchev–Trinajstić information content (AvgIpc) is 3.22. The van der Waals surface area contributed by atoms with Gasteiger partial charge in [0.2, 0.25) is 0 Å². The van der Waals surface area contributed by atoms with Crippen molar-refractivity contribution in [1.82, 2.24) is 15.6 Å². The highest BCUT2D eigenvalue weighted by molar-refractivity contribution is 7.80. The molecule has 0 saturated carbocycles. The summed E-state index contributed by atoms with van der Waals surface area (Å²) in [4.78, 5) is 17.3. The molecule has 0 atom stereocenters. The van der Waals surface area contributed by atoms with Gasteiger partial charge in [0.05, 0.1) is 27.9 Å². The Morgan fingerprint density at radius 3 is 2.59 bits per heavy atom. The number of benzene rings is 3. The third kappa shape index (κ3) is 5.02. The smallest absolute Gasteiger partial charge is 0.261 e. The van der Waals surface area contributed by atoms with E-state index in [2.05, 4.69) is 21.7 Å². The van der Waals surface area contributed by atoms with E-state index in [1.807, 2.05) is 42.5 Å². The number of nitrogens with zero attached hydrogens (tertiary/aromatic N) is 1. The number of rotatable bonds is 5. The fourth-order valence-electron chi connectivity index (χ4n) is 3.09. The number of thiazole rings is 1. The second-order valence-electron chi connectivity index (χ2n) is 6.79. The van der Waals surface area contributed by atoms with E-state index in [0.29, 0.717) is 11.6 Å². The van der Waals surface area contributed by atoms with Gasteiger partial charge in [0, 0.05) is 17.1 Å². The zero-order valence-electron chi connectivity index (χ0n) is 16.8. The van der Waals surface area contributed by atoms with Crippen molar-refractivity contribution in [3.63, 3.8) is 0 Å². The summed E-state index contributed by atoms with van der Waals surface area (Å²) >= 11 is 19.0. The molecule has 4 rings (SSSR count). The molecule has 1 aromatic heterocycles. The normalized spacial score (nSPS) is 10.7. The van der Waals surface area contributed by atoms with E-state index in [9.17, 15) is 4.79 Å². The van der Waals surface area contributed by atoms with Crippen molar-refractivity contribution < 1.29 is 9.53 Å². The lowest BCUT2D eigenvalue weighted by Crippen LogP contribution is -2.39. The molecule has 0 aliphatic rings. The van der Waals surface area contributed by atoms with Gasteiger partial charge >= 0.3 is 0 Å². The lowest BCUT2D eigenvalue weighted by Gasteiger charge is -2.13. The molecule has 2 N–H and O–H groups in total. The van der Waals surface area contributed by atoms with Crippen molar-refractivity contribution >= 4 is 68.0 Å². The van der Waals surface area contributed by atoms with E-state index in [-0.39, 0.29) is 21.4 Å². The minimum Gasteiger partial charge on any atom is -0.494 e. The number of fused-ring (bicyclic) bond motifs is 1. The predicted octanol–water partition coefficient (Wildman–Crippen LogP) is 6.08. The Hall–Kier alpha value is -2.71.